The van der Waals surface area contributed by atoms with Crippen LogP contribution in [0, 0.1) is 6.92 Å². The first-order valence-corrected chi connectivity index (χ1v) is 9.07. The van der Waals surface area contributed by atoms with Crippen LogP contribution >= 0.6 is 0 Å². The van der Waals surface area contributed by atoms with Gasteiger partial charge in [0, 0.05) is 50.8 Å². The van der Waals surface area contributed by atoms with E-state index in [0.29, 0.717) is 6.42 Å². The Hall–Kier alpha value is -1.92. The van der Waals surface area contributed by atoms with Crippen LogP contribution in [0.2, 0.25) is 0 Å². The van der Waals surface area contributed by atoms with Gasteiger partial charge in [0.05, 0.1) is 12.1 Å². The van der Waals surface area contributed by atoms with Gasteiger partial charge < -0.3 is 14.0 Å². The normalized spacial score (nSPS) is 21.1. The summed E-state index contributed by atoms with van der Waals surface area (Å²) in [5, 5.41) is 0. The van der Waals surface area contributed by atoms with Gasteiger partial charge in [0.15, 0.2) is 0 Å². The predicted octanol–water partition coefficient (Wildman–Crippen LogP) is 1.51. The van der Waals surface area contributed by atoms with Crippen molar-refractivity contribution in [3.8, 4) is 0 Å². The predicted molar refractivity (Wildman–Crippen MR) is 95.6 cm³/mol. The molecule has 2 aromatic rings. The van der Waals surface area contributed by atoms with Crippen molar-refractivity contribution in [3.63, 3.8) is 0 Å². The van der Waals surface area contributed by atoms with E-state index in [9.17, 15) is 4.79 Å². The largest absolute Gasteiger partial charge is 0.381 e. The zero-order valence-corrected chi connectivity index (χ0v) is 15.1. The van der Waals surface area contributed by atoms with E-state index in [0.717, 1.165) is 62.6 Å². The zero-order valence-electron chi connectivity index (χ0n) is 15.1. The second-order valence-corrected chi connectivity index (χ2v) is 7.38. The van der Waals surface area contributed by atoms with Crippen molar-refractivity contribution in [1.29, 1.82) is 0 Å². The number of imidazole rings is 1. The maximum Gasteiger partial charge on any atom is 0.228 e. The Kier molecular flexibility index (Phi) is 4.25. The minimum Gasteiger partial charge on any atom is -0.381 e. The molecule has 2 aliphatic rings. The molecule has 2 fully saturated rings. The molecule has 134 valence electrons. The van der Waals surface area contributed by atoms with Crippen molar-refractivity contribution in [1.82, 2.24) is 19.2 Å². The summed E-state index contributed by atoms with van der Waals surface area (Å²) in [5.74, 6) is 0.197. The Bertz CT molecular complexity index is 779. The molecule has 0 radical (unpaired) electrons. The van der Waals surface area contributed by atoms with E-state index in [4.69, 9.17) is 4.74 Å². The number of hydrogen-bond acceptors (Lipinski definition) is 4. The number of pyridine rings is 1. The molecule has 1 amide bonds. The third kappa shape index (κ3) is 2.93. The quantitative estimate of drug-likeness (QED) is 0.830. The van der Waals surface area contributed by atoms with Crippen molar-refractivity contribution in [2.24, 2.45) is 0 Å². The molecule has 0 N–H and O–H groups in total. The fraction of sp³-hybridized carbons (Fsp3) is 0.579. The third-order valence-corrected chi connectivity index (χ3v) is 5.92. The van der Waals surface area contributed by atoms with E-state index in [1.165, 1.54) is 0 Å². The molecular formula is C19H26N4O2. The van der Waals surface area contributed by atoms with Crippen LogP contribution in [-0.4, -0.2) is 70.5 Å². The monoisotopic (exact) mass is 342 g/mol. The molecule has 1 spiro atoms. The summed E-state index contributed by atoms with van der Waals surface area (Å²) in [4.78, 5) is 21.9. The van der Waals surface area contributed by atoms with Gasteiger partial charge in [-0.15, -0.1) is 0 Å². The molecule has 2 saturated heterocycles. The number of hydrogen-bond donors (Lipinski definition) is 0. The SMILES string of the molecule is Cc1cccn2c(CC(=O)N3CCN(C)C4(CCOCC4)C3)cnc12. The summed E-state index contributed by atoms with van der Waals surface area (Å²) >= 11 is 0. The molecule has 0 aromatic carbocycles. The maximum atomic E-state index is 13.0. The lowest BCUT2D eigenvalue weighted by molar-refractivity contribution is -0.139. The van der Waals surface area contributed by atoms with Gasteiger partial charge in [0.2, 0.25) is 5.91 Å². The number of fused-ring (bicyclic) bond motifs is 1. The molecule has 2 aromatic heterocycles. The van der Waals surface area contributed by atoms with Crippen LogP contribution in [0.1, 0.15) is 24.1 Å². The van der Waals surface area contributed by atoms with E-state index >= 15 is 0 Å². The number of aryl methyl sites for hydroxylation is 1. The molecule has 2 aliphatic heterocycles. The minimum atomic E-state index is 0.0855. The summed E-state index contributed by atoms with van der Waals surface area (Å²) in [7, 11) is 2.18. The van der Waals surface area contributed by atoms with Crippen LogP contribution in [-0.2, 0) is 16.0 Å². The number of rotatable bonds is 2. The fourth-order valence-corrected chi connectivity index (χ4v) is 4.17. The Labute approximate surface area is 148 Å². The summed E-state index contributed by atoms with van der Waals surface area (Å²) in [6.45, 7) is 6.16. The first kappa shape index (κ1) is 16.5. The highest BCUT2D eigenvalue weighted by Crippen LogP contribution is 2.31. The van der Waals surface area contributed by atoms with Crippen molar-refractivity contribution in [3.05, 3.63) is 35.8 Å². The molecule has 0 bridgehead atoms. The number of amides is 1. The van der Waals surface area contributed by atoms with Crippen molar-refractivity contribution < 1.29 is 9.53 Å². The van der Waals surface area contributed by atoms with E-state index in [-0.39, 0.29) is 11.4 Å². The van der Waals surface area contributed by atoms with Crippen LogP contribution in [0.4, 0.5) is 0 Å². The standard InChI is InChI=1S/C19H26N4O2/c1-15-4-3-7-23-16(13-20-18(15)23)12-17(24)22-9-8-21(2)19(14-22)5-10-25-11-6-19/h3-4,7,13H,5-6,8-12,14H2,1-2H3. The molecule has 4 heterocycles. The average molecular weight is 342 g/mol. The van der Waals surface area contributed by atoms with Crippen LogP contribution < -0.4 is 0 Å². The Balaban J connectivity index is 1.51. The minimum absolute atomic E-state index is 0.0855. The molecule has 0 saturated carbocycles. The number of nitrogens with zero attached hydrogens (tertiary/aromatic N) is 4. The van der Waals surface area contributed by atoms with Gasteiger partial charge in [-0.25, -0.2) is 4.98 Å². The number of piperazine rings is 1. The number of carbonyl (C=O) groups is 1. The van der Waals surface area contributed by atoms with Crippen LogP contribution in [0.15, 0.2) is 24.5 Å². The Morgan fingerprint density at radius 2 is 2.12 bits per heavy atom. The summed E-state index contributed by atoms with van der Waals surface area (Å²) in [5.41, 5.74) is 3.11. The maximum absolute atomic E-state index is 13.0. The van der Waals surface area contributed by atoms with Gasteiger partial charge in [-0.05, 0) is 38.4 Å². The number of likely N-dealkylation sites (N-methyl/N-ethyl adjacent to an activating group) is 1. The highest BCUT2D eigenvalue weighted by Gasteiger charge is 2.42. The second-order valence-electron chi connectivity index (χ2n) is 7.38. The fourth-order valence-electron chi connectivity index (χ4n) is 4.17. The van der Waals surface area contributed by atoms with Crippen molar-refractivity contribution in [2.75, 3.05) is 39.9 Å². The van der Waals surface area contributed by atoms with E-state index < -0.39 is 0 Å². The van der Waals surface area contributed by atoms with Gasteiger partial charge in [-0.1, -0.05) is 6.07 Å². The van der Waals surface area contributed by atoms with Crippen molar-refractivity contribution >= 4 is 11.6 Å². The highest BCUT2D eigenvalue weighted by molar-refractivity contribution is 5.79. The highest BCUT2D eigenvalue weighted by atomic mass is 16.5. The van der Waals surface area contributed by atoms with E-state index in [1.54, 1.807) is 0 Å². The summed E-state index contributed by atoms with van der Waals surface area (Å²) in [6, 6.07) is 4.05. The van der Waals surface area contributed by atoms with Crippen LogP contribution in [0.3, 0.4) is 0 Å². The molecule has 0 unspecified atom stereocenters. The van der Waals surface area contributed by atoms with Gasteiger partial charge in [0.25, 0.3) is 0 Å². The van der Waals surface area contributed by atoms with Crippen molar-refractivity contribution in [2.45, 2.75) is 31.7 Å². The smallest absolute Gasteiger partial charge is 0.228 e. The Morgan fingerprint density at radius 3 is 2.92 bits per heavy atom. The lowest BCUT2D eigenvalue weighted by atomic mass is 9.86. The Morgan fingerprint density at radius 1 is 1.32 bits per heavy atom. The van der Waals surface area contributed by atoms with Gasteiger partial charge in [-0.2, -0.15) is 0 Å². The second kappa shape index (κ2) is 6.42. The molecular weight excluding hydrogens is 316 g/mol. The molecule has 6 heteroatoms. The molecule has 0 aliphatic carbocycles. The number of ether oxygens (including phenoxy) is 1. The van der Waals surface area contributed by atoms with Gasteiger partial charge in [0.1, 0.15) is 5.65 Å². The number of aromatic nitrogens is 2. The lowest BCUT2D eigenvalue weighted by Gasteiger charge is -2.51. The molecule has 25 heavy (non-hydrogen) atoms. The average Bonchev–Trinajstić information content (AvgIpc) is 3.03. The van der Waals surface area contributed by atoms with E-state index in [1.807, 2.05) is 40.8 Å². The zero-order chi connectivity index (χ0) is 17.4. The van der Waals surface area contributed by atoms with E-state index in [2.05, 4.69) is 16.9 Å². The van der Waals surface area contributed by atoms with Crippen LogP contribution in [0.25, 0.3) is 5.65 Å². The number of carbonyl (C=O) groups excluding carboxylic acids is 1. The lowest BCUT2D eigenvalue weighted by Crippen LogP contribution is -2.63. The van der Waals surface area contributed by atoms with Crippen LogP contribution in [0.5, 0.6) is 0 Å². The third-order valence-electron chi connectivity index (χ3n) is 5.92. The van der Waals surface area contributed by atoms with Gasteiger partial charge >= 0.3 is 0 Å². The first-order valence-electron chi connectivity index (χ1n) is 9.07. The topological polar surface area (TPSA) is 50.1 Å². The van der Waals surface area contributed by atoms with Gasteiger partial charge in [-0.3, -0.25) is 9.69 Å². The molecule has 0 atom stereocenters. The first-order chi connectivity index (χ1) is 12.1. The molecule has 6 nitrogen and oxygen atoms in total. The molecule has 4 rings (SSSR count). The summed E-state index contributed by atoms with van der Waals surface area (Å²) < 4.78 is 7.58. The summed E-state index contributed by atoms with van der Waals surface area (Å²) in [6.07, 6.45) is 6.23.